The molecule has 0 N–H and O–H groups in total. The Kier molecular flexibility index (Phi) is 4.28. The van der Waals surface area contributed by atoms with Crippen LogP contribution in [-0.4, -0.2) is 37.3 Å². The highest BCUT2D eigenvalue weighted by Gasteiger charge is 2.33. The Hall–Kier alpha value is -1.37. The Morgan fingerprint density at radius 3 is 2.53 bits per heavy atom. The molecule has 1 aromatic heterocycles. The molecule has 1 aromatic rings. The number of hydrogen-bond acceptors (Lipinski definition) is 4. The van der Waals surface area contributed by atoms with E-state index in [1.807, 2.05) is 0 Å². The minimum absolute atomic E-state index is 0.0771. The minimum Gasteiger partial charge on any atom is -0.383 e. The van der Waals surface area contributed by atoms with Crippen LogP contribution in [0.5, 0.6) is 0 Å². The van der Waals surface area contributed by atoms with Crippen molar-refractivity contribution in [2.75, 3.05) is 32.2 Å². The van der Waals surface area contributed by atoms with E-state index in [0.29, 0.717) is 13.2 Å². The molecule has 0 atom stereocenters. The predicted molar refractivity (Wildman–Crippen MR) is 56.9 cm³/mol. The van der Waals surface area contributed by atoms with Gasteiger partial charge < -0.3 is 9.64 Å². The Labute approximate surface area is 97.4 Å². The first-order valence-electron chi connectivity index (χ1n) is 4.97. The zero-order chi connectivity index (χ0) is 13.1. The quantitative estimate of drug-likeness (QED) is 0.816. The van der Waals surface area contributed by atoms with E-state index < -0.39 is 11.7 Å². The number of hydrogen-bond donors (Lipinski definition) is 0. The first-order valence-corrected chi connectivity index (χ1v) is 4.97. The number of methoxy groups -OCH3 is 1. The summed E-state index contributed by atoms with van der Waals surface area (Å²) in [5, 5.41) is 0. The van der Waals surface area contributed by atoms with Crippen molar-refractivity contribution in [2.24, 2.45) is 0 Å². The Balaban J connectivity index is 2.89. The topological polar surface area (TPSA) is 38.2 Å². The molecular weight excluding hydrogens is 235 g/mol. The summed E-state index contributed by atoms with van der Waals surface area (Å²) in [5.41, 5.74) is -0.881. The second-order valence-electron chi connectivity index (χ2n) is 3.58. The number of aromatic nitrogens is 2. The molecule has 4 nitrogen and oxygen atoms in total. The van der Waals surface area contributed by atoms with Crippen LogP contribution in [0.2, 0.25) is 0 Å². The van der Waals surface area contributed by atoms with E-state index in [9.17, 15) is 13.2 Å². The summed E-state index contributed by atoms with van der Waals surface area (Å²) in [4.78, 5) is 9.17. The fourth-order valence-corrected chi connectivity index (χ4v) is 1.25. The molecule has 0 saturated carbocycles. The summed E-state index contributed by atoms with van der Waals surface area (Å²) < 4.78 is 42.3. The van der Waals surface area contributed by atoms with Gasteiger partial charge in [-0.2, -0.15) is 13.2 Å². The number of nitrogens with zero attached hydrogens (tertiary/aromatic N) is 3. The van der Waals surface area contributed by atoms with Crippen LogP contribution in [0.25, 0.3) is 0 Å². The minimum atomic E-state index is -4.41. The third-order valence-corrected chi connectivity index (χ3v) is 2.24. The van der Waals surface area contributed by atoms with Crippen molar-refractivity contribution in [1.82, 2.24) is 9.97 Å². The zero-order valence-electron chi connectivity index (χ0n) is 9.88. The van der Waals surface area contributed by atoms with Crippen molar-refractivity contribution in [2.45, 2.75) is 13.1 Å². The van der Waals surface area contributed by atoms with Gasteiger partial charge in [-0.15, -0.1) is 0 Å². The molecule has 0 aliphatic carbocycles. The lowest BCUT2D eigenvalue weighted by Gasteiger charge is -2.18. The molecule has 0 aliphatic rings. The monoisotopic (exact) mass is 249 g/mol. The van der Waals surface area contributed by atoms with Crippen molar-refractivity contribution in [1.29, 1.82) is 0 Å². The molecule has 0 amide bonds. The highest BCUT2D eigenvalue weighted by molar-refractivity contribution is 5.32. The van der Waals surface area contributed by atoms with Gasteiger partial charge in [0.1, 0.15) is 0 Å². The van der Waals surface area contributed by atoms with Crippen LogP contribution < -0.4 is 4.90 Å². The molecule has 96 valence electrons. The number of halogens is 3. The molecular formula is C10H14F3N3O. The van der Waals surface area contributed by atoms with Gasteiger partial charge in [0.25, 0.3) is 0 Å². The number of aryl methyl sites for hydroxylation is 1. The van der Waals surface area contributed by atoms with Crippen LogP contribution in [0.1, 0.15) is 11.3 Å². The van der Waals surface area contributed by atoms with E-state index >= 15 is 0 Å². The number of likely N-dealkylation sites (N-methyl/N-ethyl adjacent to an activating group) is 1. The van der Waals surface area contributed by atoms with Crippen molar-refractivity contribution in [3.63, 3.8) is 0 Å². The molecule has 7 heteroatoms. The van der Waals surface area contributed by atoms with Crippen LogP contribution in [0.15, 0.2) is 6.20 Å². The Bertz CT molecular complexity index is 382. The first kappa shape index (κ1) is 13.7. The number of ether oxygens (including phenoxy) is 1. The van der Waals surface area contributed by atoms with Gasteiger partial charge in [0.2, 0.25) is 5.95 Å². The van der Waals surface area contributed by atoms with Gasteiger partial charge in [0.05, 0.1) is 17.9 Å². The molecule has 0 spiro atoms. The molecule has 0 unspecified atom stereocenters. The highest BCUT2D eigenvalue weighted by Crippen LogP contribution is 2.30. The number of alkyl halides is 3. The highest BCUT2D eigenvalue weighted by atomic mass is 19.4. The lowest BCUT2D eigenvalue weighted by molar-refractivity contribution is -0.138. The van der Waals surface area contributed by atoms with Crippen molar-refractivity contribution in [3.8, 4) is 0 Å². The van der Waals surface area contributed by atoms with Gasteiger partial charge in [0, 0.05) is 26.9 Å². The number of rotatable bonds is 4. The average Bonchev–Trinajstić information content (AvgIpc) is 2.23. The maximum absolute atomic E-state index is 12.5. The van der Waals surface area contributed by atoms with E-state index in [-0.39, 0.29) is 11.6 Å². The van der Waals surface area contributed by atoms with E-state index in [1.54, 1.807) is 19.1 Å². The second kappa shape index (κ2) is 5.31. The van der Waals surface area contributed by atoms with Gasteiger partial charge in [-0.25, -0.2) is 9.97 Å². The maximum atomic E-state index is 12.5. The van der Waals surface area contributed by atoms with Crippen molar-refractivity contribution in [3.05, 3.63) is 17.5 Å². The van der Waals surface area contributed by atoms with Crippen LogP contribution in [0, 0.1) is 6.92 Å². The molecule has 1 heterocycles. The molecule has 17 heavy (non-hydrogen) atoms. The van der Waals surface area contributed by atoms with Crippen molar-refractivity contribution >= 4 is 5.95 Å². The molecule has 0 radical (unpaired) electrons. The van der Waals surface area contributed by atoms with Gasteiger partial charge >= 0.3 is 6.18 Å². The predicted octanol–water partition coefficient (Wildman–Crippen LogP) is 1.89. The van der Waals surface area contributed by atoms with Crippen LogP contribution in [0.3, 0.4) is 0 Å². The SMILES string of the molecule is COCCN(C)c1ncc(C(F)(F)F)c(C)n1. The summed E-state index contributed by atoms with van der Waals surface area (Å²) in [7, 11) is 3.24. The first-order chi connectivity index (χ1) is 7.86. The van der Waals surface area contributed by atoms with Crippen LogP contribution >= 0.6 is 0 Å². The van der Waals surface area contributed by atoms with E-state index in [0.717, 1.165) is 6.20 Å². The van der Waals surface area contributed by atoms with Crippen LogP contribution in [-0.2, 0) is 10.9 Å². The summed E-state index contributed by atoms with van der Waals surface area (Å²) >= 11 is 0. The van der Waals surface area contributed by atoms with E-state index in [1.165, 1.54) is 6.92 Å². The lowest BCUT2D eigenvalue weighted by Crippen LogP contribution is -2.25. The lowest BCUT2D eigenvalue weighted by atomic mass is 10.2. The normalized spacial score (nSPS) is 11.6. The van der Waals surface area contributed by atoms with Crippen LogP contribution in [0.4, 0.5) is 19.1 Å². The second-order valence-corrected chi connectivity index (χ2v) is 3.58. The van der Waals surface area contributed by atoms with Gasteiger partial charge in [0.15, 0.2) is 0 Å². The number of anilines is 1. The summed E-state index contributed by atoms with van der Waals surface area (Å²) in [6, 6.07) is 0. The molecule has 0 aromatic carbocycles. The average molecular weight is 249 g/mol. The summed E-state index contributed by atoms with van der Waals surface area (Å²) in [5.74, 6) is 0.257. The van der Waals surface area contributed by atoms with Gasteiger partial charge in [-0.1, -0.05) is 0 Å². The standard InChI is InChI=1S/C10H14F3N3O/c1-7-8(10(11,12)13)6-14-9(15-7)16(2)4-5-17-3/h6H,4-5H2,1-3H3. The molecule has 0 fully saturated rings. The third-order valence-electron chi connectivity index (χ3n) is 2.24. The van der Waals surface area contributed by atoms with E-state index in [2.05, 4.69) is 9.97 Å². The maximum Gasteiger partial charge on any atom is 0.419 e. The van der Waals surface area contributed by atoms with Gasteiger partial charge in [-0.3, -0.25) is 0 Å². The summed E-state index contributed by atoms with van der Waals surface area (Å²) in [6.45, 7) is 2.29. The molecule has 0 saturated heterocycles. The van der Waals surface area contributed by atoms with Gasteiger partial charge in [-0.05, 0) is 6.92 Å². The zero-order valence-corrected chi connectivity index (χ0v) is 9.88. The Morgan fingerprint density at radius 2 is 2.06 bits per heavy atom. The fourth-order valence-electron chi connectivity index (χ4n) is 1.25. The molecule has 0 aliphatic heterocycles. The summed E-state index contributed by atoms with van der Waals surface area (Å²) in [6.07, 6.45) is -3.60. The van der Waals surface area contributed by atoms with Crippen molar-refractivity contribution < 1.29 is 17.9 Å². The smallest absolute Gasteiger partial charge is 0.383 e. The largest absolute Gasteiger partial charge is 0.419 e. The Morgan fingerprint density at radius 1 is 1.41 bits per heavy atom. The fraction of sp³-hybridized carbons (Fsp3) is 0.600. The molecule has 0 bridgehead atoms. The third kappa shape index (κ3) is 3.55. The van der Waals surface area contributed by atoms with E-state index in [4.69, 9.17) is 4.74 Å². The molecule has 1 rings (SSSR count).